The van der Waals surface area contributed by atoms with Crippen molar-refractivity contribution in [1.82, 2.24) is 0 Å². The molecule has 0 aromatic heterocycles. The van der Waals surface area contributed by atoms with Crippen LogP contribution >= 0.6 is 0 Å². The Kier molecular flexibility index (Phi) is 9.50. The molecule has 0 bridgehead atoms. The van der Waals surface area contributed by atoms with Gasteiger partial charge in [-0.05, 0) is 97.9 Å². The second kappa shape index (κ2) is 12.6. The van der Waals surface area contributed by atoms with Gasteiger partial charge in [0.05, 0.1) is 9.79 Å². The van der Waals surface area contributed by atoms with E-state index >= 15 is 0 Å². The Labute approximate surface area is 214 Å². The molecule has 35 heavy (non-hydrogen) atoms. The van der Waals surface area contributed by atoms with Crippen molar-refractivity contribution < 1.29 is 8.42 Å². The maximum absolute atomic E-state index is 13.6. The van der Waals surface area contributed by atoms with Gasteiger partial charge in [-0.25, -0.2) is 8.42 Å². The van der Waals surface area contributed by atoms with Gasteiger partial charge in [0.2, 0.25) is 9.84 Å². The number of hydrogen-bond donors (Lipinski definition) is 0. The first-order valence-corrected chi connectivity index (χ1v) is 15.9. The highest BCUT2D eigenvalue weighted by Crippen LogP contribution is 2.31. The zero-order valence-corrected chi connectivity index (χ0v) is 23.0. The smallest absolute Gasteiger partial charge is 0.206 e. The van der Waals surface area contributed by atoms with Gasteiger partial charge in [0.25, 0.3) is 0 Å². The molecule has 2 aromatic rings. The molecule has 192 valence electrons. The Balaban J connectivity index is 1.42. The van der Waals surface area contributed by atoms with Crippen molar-refractivity contribution in [2.24, 2.45) is 11.8 Å². The van der Waals surface area contributed by atoms with Crippen LogP contribution in [0.5, 0.6) is 0 Å². The van der Waals surface area contributed by atoms with Gasteiger partial charge < -0.3 is 0 Å². The van der Waals surface area contributed by atoms with Crippen LogP contribution in [0.4, 0.5) is 0 Å². The van der Waals surface area contributed by atoms with E-state index in [9.17, 15) is 8.42 Å². The lowest BCUT2D eigenvalue weighted by molar-refractivity contribution is 0.332. The van der Waals surface area contributed by atoms with Crippen LogP contribution < -0.4 is 0 Å². The van der Waals surface area contributed by atoms with Crippen LogP contribution in [0.3, 0.4) is 0 Å². The first-order chi connectivity index (χ1) is 16.9. The molecular weight excluding hydrogens is 448 g/mol. The Hall–Kier alpha value is -1.61. The Morgan fingerprint density at radius 3 is 1.43 bits per heavy atom. The van der Waals surface area contributed by atoms with Gasteiger partial charge in [0.15, 0.2) is 0 Å². The van der Waals surface area contributed by atoms with Gasteiger partial charge in [-0.15, -0.1) is 0 Å². The van der Waals surface area contributed by atoms with Crippen LogP contribution in [-0.2, 0) is 22.7 Å². The molecule has 0 amide bonds. The lowest BCUT2D eigenvalue weighted by Gasteiger charge is -2.21. The normalized spacial score (nSPS) is 18.1. The molecule has 4 rings (SSSR count). The van der Waals surface area contributed by atoms with Gasteiger partial charge in [0.1, 0.15) is 0 Å². The van der Waals surface area contributed by atoms with Crippen LogP contribution in [0.2, 0.25) is 0 Å². The third-order valence-electron chi connectivity index (χ3n) is 8.83. The molecule has 2 nitrogen and oxygen atoms in total. The fourth-order valence-electron chi connectivity index (χ4n) is 6.42. The fraction of sp³-hybridized carbons (Fsp3) is 0.625. The predicted octanol–water partition coefficient (Wildman–Crippen LogP) is 8.94. The van der Waals surface area contributed by atoms with E-state index in [1.54, 1.807) is 12.1 Å². The maximum Gasteiger partial charge on any atom is 0.206 e. The number of aryl methyl sites for hydroxylation is 4. The minimum absolute atomic E-state index is 0.452. The summed E-state index contributed by atoms with van der Waals surface area (Å²) in [5.74, 6) is 1.75. The molecule has 0 aliphatic heterocycles. The highest BCUT2D eigenvalue weighted by Gasteiger charge is 2.21. The molecule has 0 radical (unpaired) electrons. The molecule has 0 heterocycles. The lowest BCUT2D eigenvalue weighted by atomic mass is 9.85. The molecule has 0 atom stereocenters. The van der Waals surface area contributed by atoms with E-state index in [1.165, 1.54) is 99.3 Å². The second-order valence-electron chi connectivity index (χ2n) is 11.5. The number of sulfone groups is 1. The summed E-state index contributed by atoms with van der Waals surface area (Å²) in [6.45, 7) is 4.23. The molecule has 2 aliphatic carbocycles. The maximum atomic E-state index is 13.6. The quantitative estimate of drug-likeness (QED) is 0.330. The molecule has 0 N–H and O–H groups in total. The van der Waals surface area contributed by atoms with Gasteiger partial charge in [-0.1, -0.05) is 89.2 Å². The summed E-state index contributed by atoms with van der Waals surface area (Å²) in [5.41, 5.74) is 4.81. The second-order valence-corrected chi connectivity index (χ2v) is 13.4. The zero-order chi connectivity index (χ0) is 24.7. The van der Waals surface area contributed by atoms with E-state index in [-0.39, 0.29) is 0 Å². The van der Waals surface area contributed by atoms with Crippen molar-refractivity contribution >= 4 is 9.84 Å². The van der Waals surface area contributed by atoms with Gasteiger partial charge in [-0.2, -0.15) is 0 Å². The summed E-state index contributed by atoms with van der Waals surface area (Å²) in [6.07, 6.45) is 20.7. The molecule has 2 saturated carbocycles. The van der Waals surface area contributed by atoms with Crippen molar-refractivity contribution in [2.45, 2.75) is 126 Å². The lowest BCUT2D eigenvalue weighted by Crippen LogP contribution is -2.08. The zero-order valence-electron chi connectivity index (χ0n) is 22.2. The molecule has 0 spiro atoms. The van der Waals surface area contributed by atoms with E-state index in [2.05, 4.69) is 13.8 Å². The molecule has 0 unspecified atom stereocenters. The first kappa shape index (κ1) is 26.5. The summed E-state index contributed by atoms with van der Waals surface area (Å²) >= 11 is 0. The largest absolute Gasteiger partial charge is 0.219 e. The van der Waals surface area contributed by atoms with E-state index in [0.29, 0.717) is 9.79 Å². The minimum atomic E-state index is -3.51. The summed E-state index contributed by atoms with van der Waals surface area (Å²) in [4.78, 5) is 0.903. The number of rotatable bonds is 10. The predicted molar refractivity (Wildman–Crippen MR) is 147 cm³/mol. The third-order valence-corrected chi connectivity index (χ3v) is 10.6. The van der Waals surface area contributed by atoms with E-state index in [0.717, 1.165) is 37.5 Å². The summed E-state index contributed by atoms with van der Waals surface area (Å²) in [5, 5.41) is 0. The monoisotopic (exact) mass is 494 g/mol. The van der Waals surface area contributed by atoms with Gasteiger partial charge >= 0.3 is 0 Å². The Morgan fingerprint density at radius 1 is 0.629 bits per heavy atom. The third kappa shape index (κ3) is 7.21. The summed E-state index contributed by atoms with van der Waals surface area (Å²) < 4.78 is 27.2. The summed E-state index contributed by atoms with van der Waals surface area (Å²) in [7, 11) is -3.51. The van der Waals surface area contributed by atoms with E-state index in [1.807, 2.05) is 24.3 Å². The van der Waals surface area contributed by atoms with Crippen molar-refractivity contribution in [1.29, 1.82) is 0 Å². The molecule has 0 saturated heterocycles. The van der Waals surface area contributed by atoms with Gasteiger partial charge in [0, 0.05) is 0 Å². The Morgan fingerprint density at radius 2 is 1.03 bits per heavy atom. The number of hydrogen-bond acceptors (Lipinski definition) is 2. The average Bonchev–Trinajstić information content (AvgIpc) is 2.87. The fourth-order valence-corrected chi connectivity index (χ4v) is 7.78. The molecule has 2 fully saturated rings. The minimum Gasteiger partial charge on any atom is -0.219 e. The highest BCUT2D eigenvalue weighted by atomic mass is 32.2. The average molecular weight is 495 g/mol. The molecule has 2 aromatic carbocycles. The molecule has 2 aliphatic rings. The van der Waals surface area contributed by atoms with Crippen molar-refractivity contribution in [3.05, 3.63) is 58.7 Å². The number of benzene rings is 2. The SMILES string of the molecule is Cc1ccc(S(=O)(=O)c2ccc(C)c(CCCC3CCCCC3)c2)cc1CCCC1CCCCC1. The van der Waals surface area contributed by atoms with Crippen LogP contribution in [0.15, 0.2) is 46.2 Å². The molecule has 3 heteroatoms. The van der Waals surface area contributed by atoms with Gasteiger partial charge in [-0.3, -0.25) is 0 Å². The van der Waals surface area contributed by atoms with Crippen LogP contribution in [-0.4, -0.2) is 8.42 Å². The van der Waals surface area contributed by atoms with E-state index in [4.69, 9.17) is 0 Å². The molecular formula is C32H46O2S. The van der Waals surface area contributed by atoms with E-state index < -0.39 is 9.84 Å². The standard InChI is InChI=1S/C32H46O2S/c1-25-19-21-31(23-29(25)17-9-15-27-11-5-3-6-12-27)35(33,34)32-22-20-26(2)30(24-32)18-10-16-28-13-7-4-8-14-28/h19-24,27-28H,3-18H2,1-2H3. The van der Waals surface area contributed by atoms with Crippen LogP contribution in [0.1, 0.15) is 112 Å². The van der Waals surface area contributed by atoms with Crippen LogP contribution in [0.25, 0.3) is 0 Å². The topological polar surface area (TPSA) is 34.1 Å². The van der Waals surface area contributed by atoms with Crippen molar-refractivity contribution in [3.63, 3.8) is 0 Å². The summed E-state index contributed by atoms with van der Waals surface area (Å²) in [6, 6.07) is 11.5. The Bertz CT molecular complexity index is 977. The van der Waals surface area contributed by atoms with Crippen molar-refractivity contribution in [2.75, 3.05) is 0 Å². The van der Waals surface area contributed by atoms with Crippen LogP contribution in [0, 0.1) is 25.7 Å². The van der Waals surface area contributed by atoms with Crippen molar-refractivity contribution in [3.8, 4) is 0 Å². The highest BCUT2D eigenvalue weighted by molar-refractivity contribution is 7.91. The first-order valence-electron chi connectivity index (χ1n) is 14.4.